The SMILES string of the molecule is N#C[C@H]1[C@@H](c2ccc(Cl)c(Cl)c2)[C@H]2C=C[C@@H]1C2. The van der Waals surface area contributed by atoms with Crippen LogP contribution in [-0.4, -0.2) is 0 Å². The van der Waals surface area contributed by atoms with Crippen LogP contribution in [0.5, 0.6) is 0 Å². The smallest absolute Gasteiger partial charge is 0.0668 e. The zero-order valence-electron chi connectivity index (χ0n) is 9.11. The number of fused-ring (bicyclic) bond motifs is 2. The van der Waals surface area contributed by atoms with Gasteiger partial charge in [0.25, 0.3) is 0 Å². The number of rotatable bonds is 1. The average Bonchev–Trinajstić information content (AvgIpc) is 2.92. The van der Waals surface area contributed by atoms with Gasteiger partial charge in [0.1, 0.15) is 0 Å². The number of halogens is 2. The monoisotopic (exact) mass is 263 g/mol. The normalized spacial score (nSPS) is 33.9. The minimum Gasteiger partial charge on any atom is -0.198 e. The molecule has 0 aromatic heterocycles. The van der Waals surface area contributed by atoms with E-state index in [9.17, 15) is 5.26 Å². The molecule has 1 saturated carbocycles. The van der Waals surface area contributed by atoms with Crippen molar-refractivity contribution in [1.29, 1.82) is 5.26 Å². The molecule has 4 atom stereocenters. The summed E-state index contributed by atoms with van der Waals surface area (Å²) in [4.78, 5) is 0. The Hall–Kier alpha value is -0.970. The summed E-state index contributed by atoms with van der Waals surface area (Å²) < 4.78 is 0. The van der Waals surface area contributed by atoms with Crippen LogP contribution in [0.3, 0.4) is 0 Å². The van der Waals surface area contributed by atoms with Gasteiger partial charge in [-0.3, -0.25) is 0 Å². The molecule has 0 amide bonds. The molecule has 1 fully saturated rings. The first-order valence-electron chi connectivity index (χ1n) is 5.73. The van der Waals surface area contributed by atoms with Crippen LogP contribution >= 0.6 is 23.2 Å². The minimum atomic E-state index is 0.0854. The van der Waals surface area contributed by atoms with Gasteiger partial charge in [0, 0.05) is 5.92 Å². The molecule has 1 aromatic carbocycles. The summed E-state index contributed by atoms with van der Waals surface area (Å²) >= 11 is 12.0. The standard InChI is InChI=1S/C14H11Cl2N/c15-12-4-3-10(6-13(12)16)14-9-2-1-8(5-9)11(14)7-17/h1-4,6,8-9,11,14H,5H2/t8-,9+,11-,14-/m1/s1. The van der Waals surface area contributed by atoms with Gasteiger partial charge in [0.15, 0.2) is 0 Å². The predicted molar refractivity (Wildman–Crippen MR) is 69.0 cm³/mol. The molecule has 86 valence electrons. The number of nitrogens with zero attached hydrogens (tertiary/aromatic N) is 1. The van der Waals surface area contributed by atoms with Crippen LogP contribution in [-0.2, 0) is 0 Å². The highest BCUT2D eigenvalue weighted by Gasteiger charge is 2.45. The maximum Gasteiger partial charge on any atom is 0.0668 e. The summed E-state index contributed by atoms with van der Waals surface area (Å²) in [6.45, 7) is 0. The molecule has 2 aliphatic rings. The Labute approximate surface area is 111 Å². The lowest BCUT2D eigenvalue weighted by Crippen LogP contribution is -2.16. The van der Waals surface area contributed by atoms with Gasteiger partial charge in [0.05, 0.1) is 22.0 Å². The van der Waals surface area contributed by atoms with E-state index < -0.39 is 0 Å². The zero-order chi connectivity index (χ0) is 12.0. The topological polar surface area (TPSA) is 23.8 Å². The molecule has 1 aromatic rings. The Morgan fingerprint density at radius 1 is 1.12 bits per heavy atom. The number of benzene rings is 1. The highest BCUT2D eigenvalue weighted by Crippen LogP contribution is 2.53. The quantitative estimate of drug-likeness (QED) is 0.688. The Morgan fingerprint density at radius 3 is 2.59 bits per heavy atom. The summed E-state index contributed by atoms with van der Waals surface area (Å²) in [7, 11) is 0. The second-order valence-corrected chi connectivity index (χ2v) is 5.62. The number of hydrogen-bond acceptors (Lipinski definition) is 1. The van der Waals surface area contributed by atoms with Gasteiger partial charge in [-0.25, -0.2) is 0 Å². The van der Waals surface area contributed by atoms with Gasteiger partial charge in [-0.15, -0.1) is 0 Å². The third-order valence-corrected chi connectivity index (χ3v) is 4.68. The Balaban J connectivity index is 2.01. The van der Waals surface area contributed by atoms with E-state index in [4.69, 9.17) is 23.2 Å². The highest BCUT2D eigenvalue weighted by molar-refractivity contribution is 6.42. The maximum absolute atomic E-state index is 9.30. The molecule has 0 unspecified atom stereocenters. The molecular formula is C14H11Cl2N. The van der Waals surface area contributed by atoms with Crippen LogP contribution in [0.25, 0.3) is 0 Å². The molecule has 2 bridgehead atoms. The summed E-state index contributed by atoms with van der Waals surface area (Å²) in [5.41, 5.74) is 1.14. The van der Waals surface area contributed by atoms with Crippen LogP contribution in [0.1, 0.15) is 17.9 Å². The van der Waals surface area contributed by atoms with Crippen LogP contribution in [0, 0.1) is 29.1 Å². The largest absolute Gasteiger partial charge is 0.198 e. The summed E-state index contributed by atoms with van der Waals surface area (Å²) in [6, 6.07) is 8.18. The van der Waals surface area contributed by atoms with Crippen molar-refractivity contribution in [3.63, 3.8) is 0 Å². The Kier molecular flexibility index (Phi) is 2.65. The van der Waals surface area contributed by atoms with Crippen molar-refractivity contribution in [2.75, 3.05) is 0 Å². The number of hydrogen-bond donors (Lipinski definition) is 0. The molecule has 3 heteroatoms. The van der Waals surface area contributed by atoms with E-state index in [1.165, 1.54) is 0 Å². The third-order valence-electron chi connectivity index (χ3n) is 3.94. The molecule has 17 heavy (non-hydrogen) atoms. The van der Waals surface area contributed by atoms with Gasteiger partial charge in [-0.1, -0.05) is 41.4 Å². The van der Waals surface area contributed by atoms with E-state index in [1.807, 2.05) is 18.2 Å². The summed E-state index contributed by atoms with van der Waals surface area (Å²) in [6.07, 6.45) is 5.53. The molecule has 1 nitrogen and oxygen atoms in total. The van der Waals surface area contributed by atoms with Crippen LogP contribution < -0.4 is 0 Å². The van der Waals surface area contributed by atoms with E-state index in [-0.39, 0.29) is 11.8 Å². The molecule has 0 radical (unpaired) electrons. The number of allylic oxidation sites excluding steroid dienone is 2. The number of nitriles is 1. The van der Waals surface area contributed by atoms with E-state index in [2.05, 4.69) is 18.2 Å². The lowest BCUT2D eigenvalue weighted by Gasteiger charge is -2.23. The van der Waals surface area contributed by atoms with Crippen molar-refractivity contribution >= 4 is 23.2 Å². The average molecular weight is 264 g/mol. The van der Waals surface area contributed by atoms with Crippen molar-refractivity contribution in [2.45, 2.75) is 12.3 Å². The van der Waals surface area contributed by atoms with Gasteiger partial charge < -0.3 is 0 Å². The lowest BCUT2D eigenvalue weighted by atomic mass is 9.79. The summed E-state index contributed by atoms with van der Waals surface area (Å²) in [5, 5.41) is 10.4. The van der Waals surface area contributed by atoms with Crippen molar-refractivity contribution in [2.24, 2.45) is 17.8 Å². The van der Waals surface area contributed by atoms with E-state index in [1.54, 1.807) is 0 Å². The van der Waals surface area contributed by atoms with Crippen molar-refractivity contribution in [1.82, 2.24) is 0 Å². The third kappa shape index (κ3) is 1.68. The van der Waals surface area contributed by atoms with Crippen LogP contribution in [0.2, 0.25) is 10.0 Å². The first kappa shape index (κ1) is 11.1. The van der Waals surface area contributed by atoms with Crippen LogP contribution in [0.15, 0.2) is 30.4 Å². The second-order valence-electron chi connectivity index (χ2n) is 4.80. The van der Waals surface area contributed by atoms with Crippen molar-refractivity contribution in [3.8, 4) is 6.07 Å². The first-order valence-corrected chi connectivity index (χ1v) is 6.49. The van der Waals surface area contributed by atoms with E-state index in [0.717, 1.165) is 12.0 Å². The van der Waals surface area contributed by atoms with Crippen LogP contribution in [0.4, 0.5) is 0 Å². The molecule has 2 aliphatic carbocycles. The van der Waals surface area contributed by atoms with E-state index in [0.29, 0.717) is 21.9 Å². The van der Waals surface area contributed by atoms with Crippen molar-refractivity contribution < 1.29 is 0 Å². The Morgan fingerprint density at radius 2 is 1.88 bits per heavy atom. The lowest BCUT2D eigenvalue weighted by molar-refractivity contribution is 0.488. The molecular weight excluding hydrogens is 253 g/mol. The molecule has 0 aliphatic heterocycles. The van der Waals surface area contributed by atoms with E-state index >= 15 is 0 Å². The highest BCUT2D eigenvalue weighted by atomic mass is 35.5. The summed E-state index contributed by atoms with van der Waals surface area (Å²) in [5.74, 6) is 1.28. The Bertz CT molecular complexity index is 530. The molecule has 0 N–H and O–H groups in total. The van der Waals surface area contributed by atoms with Gasteiger partial charge in [-0.2, -0.15) is 5.26 Å². The fourth-order valence-corrected chi connectivity index (χ4v) is 3.48. The van der Waals surface area contributed by atoms with Gasteiger partial charge in [0.2, 0.25) is 0 Å². The minimum absolute atomic E-state index is 0.0854. The fourth-order valence-electron chi connectivity index (χ4n) is 3.17. The molecule has 3 rings (SSSR count). The first-order chi connectivity index (χ1) is 8.20. The molecule has 0 saturated heterocycles. The predicted octanol–water partition coefficient (Wildman–Crippen LogP) is 4.42. The van der Waals surface area contributed by atoms with Gasteiger partial charge >= 0.3 is 0 Å². The molecule has 0 heterocycles. The van der Waals surface area contributed by atoms with Gasteiger partial charge in [-0.05, 0) is 36.0 Å². The van der Waals surface area contributed by atoms with Crippen molar-refractivity contribution in [3.05, 3.63) is 46.0 Å². The second kappa shape index (κ2) is 4.05. The fraction of sp³-hybridized carbons (Fsp3) is 0.357. The molecule has 0 spiro atoms. The zero-order valence-corrected chi connectivity index (χ0v) is 10.6. The maximum atomic E-state index is 9.30.